The topological polar surface area (TPSA) is 40.1 Å². The standard InChI is InChI=1S/C38H23N5/c1-3-9-24(10-4-1)42-33-14-8-7-13-27(33)30-21-31-29-16-15-28-26-17-18-39-23-32(26)38-40-19-20-41(38)36(28)37(29)43(35(31)22-34(30)42)25-11-5-2-6-12-25/h1-23H. The maximum Gasteiger partial charge on any atom is 0.146 e. The minimum Gasteiger partial charge on any atom is -0.309 e. The van der Waals surface area contributed by atoms with Crippen molar-refractivity contribution in [2.45, 2.75) is 0 Å². The van der Waals surface area contributed by atoms with Crippen molar-refractivity contribution in [1.29, 1.82) is 0 Å². The number of hydrogen-bond acceptors (Lipinski definition) is 2. The van der Waals surface area contributed by atoms with Crippen LogP contribution in [0.4, 0.5) is 0 Å². The number of fused-ring (bicyclic) bond motifs is 13. The summed E-state index contributed by atoms with van der Waals surface area (Å²) in [7, 11) is 0. The van der Waals surface area contributed by atoms with Gasteiger partial charge in [-0.1, -0.05) is 66.7 Å². The van der Waals surface area contributed by atoms with Crippen LogP contribution in [-0.2, 0) is 0 Å². The van der Waals surface area contributed by atoms with E-state index in [1.54, 1.807) is 0 Å². The van der Waals surface area contributed by atoms with Crippen molar-refractivity contribution in [1.82, 2.24) is 23.5 Å². The van der Waals surface area contributed by atoms with E-state index in [0.29, 0.717) is 0 Å². The Labute approximate surface area is 245 Å². The van der Waals surface area contributed by atoms with Gasteiger partial charge in [0.25, 0.3) is 0 Å². The van der Waals surface area contributed by atoms with Gasteiger partial charge in [0.1, 0.15) is 5.65 Å². The highest BCUT2D eigenvalue weighted by atomic mass is 15.0. The van der Waals surface area contributed by atoms with Gasteiger partial charge in [0.15, 0.2) is 0 Å². The zero-order valence-corrected chi connectivity index (χ0v) is 23.0. The second kappa shape index (κ2) is 8.30. The Morgan fingerprint density at radius 3 is 1.93 bits per heavy atom. The normalized spacial score (nSPS) is 12.2. The molecule has 0 aliphatic carbocycles. The van der Waals surface area contributed by atoms with E-state index >= 15 is 0 Å². The Bertz CT molecular complexity index is 2710. The van der Waals surface area contributed by atoms with Gasteiger partial charge in [-0.25, -0.2) is 4.98 Å². The molecule has 0 fully saturated rings. The van der Waals surface area contributed by atoms with Crippen molar-refractivity contribution < 1.29 is 0 Å². The summed E-state index contributed by atoms with van der Waals surface area (Å²) < 4.78 is 7.06. The van der Waals surface area contributed by atoms with Gasteiger partial charge in [-0.15, -0.1) is 0 Å². The molecular formula is C38H23N5. The smallest absolute Gasteiger partial charge is 0.146 e. The summed E-state index contributed by atoms with van der Waals surface area (Å²) in [6.45, 7) is 0. The van der Waals surface area contributed by atoms with Crippen LogP contribution in [0.3, 0.4) is 0 Å². The number of rotatable bonds is 2. The minimum absolute atomic E-state index is 0.916. The highest BCUT2D eigenvalue weighted by molar-refractivity contribution is 6.26. The highest BCUT2D eigenvalue weighted by Gasteiger charge is 2.22. The molecule has 10 aromatic rings. The lowest BCUT2D eigenvalue weighted by Crippen LogP contribution is -1.98. The highest BCUT2D eigenvalue weighted by Crippen LogP contribution is 2.42. The molecule has 5 nitrogen and oxygen atoms in total. The molecule has 0 radical (unpaired) electrons. The van der Waals surface area contributed by atoms with Crippen LogP contribution in [0.1, 0.15) is 0 Å². The van der Waals surface area contributed by atoms with E-state index in [1.807, 2.05) is 18.6 Å². The number of hydrogen-bond donors (Lipinski definition) is 0. The third-order valence-electron chi connectivity index (χ3n) is 8.96. The van der Waals surface area contributed by atoms with Crippen molar-refractivity contribution in [3.05, 3.63) is 140 Å². The Hall–Kier alpha value is -5.94. The fourth-order valence-corrected chi connectivity index (χ4v) is 7.20. The van der Waals surface area contributed by atoms with E-state index in [1.165, 1.54) is 49.0 Å². The van der Waals surface area contributed by atoms with Crippen LogP contribution >= 0.6 is 0 Å². The molecule has 0 atom stereocenters. The monoisotopic (exact) mass is 549 g/mol. The summed E-state index contributed by atoms with van der Waals surface area (Å²) in [5.41, 5.74) is 9.07. The summed E-state index contributed by atoms with van der Waals surface area (Å²) in [6.07, 6.45) is 7.76. The van der Waals surface area contributed by atoms with E-state index < -0.39 is 0 Å². The summed E-state index contributed by atoms with van der Waals surface area (Å²) >= 11 is 0. The minimum atomic E-state index is 0.916. The van der Waals surface area contributed by atoms with Crippen molar-refractivity contribution in [3.8, 4) is 11.4 Å². The van der Waals surface area contributed by atoms with E-state index in [-0.39, 0.29) is 0 Å². The van der Waals surface area contributed by atoms with Gasteiger partial charge in [0, 0.05) is 68.5 Å². The lowest BCUT2D eigenvalue weighted by molar-refractivity contribution is 1.16. The number of benzene rings is 5. The van der Waals surface area contributed by atoms with Crippen LogP contribution in [0, 0.1) is 0 Å². The van der Waals surface area contributed by atoms with Crippen LogP contribution < -0.4 is 0 Å². The largest absolute Gasteiger partial charge is 0.309 e. The molecule has 5 aromatic heterocycles. The van der Waals surface area contributed by atoms with Crippen molar-refractivity contribution >= 4 is 70.9 Å². The maximum absolute atomic E-state index is 4.79. The maximum atomic E-state index is 4.79. The zero-order chi connectivity index (χ0) is 28.1. The van der Waals surface area contributed by atoms with Gasteiger partial charge in [-0.05, 0) is 53.9 Å². The van der Waals surface area contributed by atoms with Crippen LogP contribution in [-0.4, -0.2) is 23.5 Å². The van der Waals surface area contributed by atoms with E-state index in [2.05, 4.69) is 140 Å². The lowest BCUT2D eigenvalue weighted by atomic mass is 10.0. The molecule has 5 aromatic carbocycles. The molecule has 5 heterocycles. The molecule has 10 rings (SSSR count). The molecule has 200 valence electrons. The lowest BCUT2D eigenvalue weighted by Gasteiger charge is -2.13. The first-order valence-electron chi connectivity index (χ1n) is 14.5. The number of pyridine rings is 2. The van der Waals surface area contributed by atoms with Gasteiger partial charge in [-0.3, -0.25) is 9.38 Å². The average Bonchev–Trinajstić information content (AvgIpc) is 3.77. The van der Waals surface area contributed by atoms with Crippen LogP contribution in [0.5, 0.6) is 0 Å². The fraction of sp³-hybridized carbons (Fsp3) is 0. The Morgan fingerprint density at radius 1 is 0.442 bits per heavy atom. The molecule has 0 saturated heterocycles. The molecule has 0 saturated carbocycles. The Kier molecular flexibility index (Phi) is 4.39. The zero-order valence-electron chi connectivity index (χ0n) is 23.0. The van der Waals surface area contributed by atoms with Gasteiger partial charge < -0.3 is 9.13 Å². The third-order valence-corrected chi connectivity index (χ3v) is 8.96. The molecule has 0 N–H and O–H groups in total. The SMILES string of the molecule is c1ccc(-n2c3ccccc3c3cc4c5ccc6c7ccncc7c7nccn7c6c5n(-c5ccccc5)c4cc32)cc1. The second-order valence-corrected chi connectivity index (χ2v) is 11.1. The van der Waals surface area contributed by atoms with E-state index in [9.17, 15) is 0 Å². The predicted octanol–water partition coefficient (Wildman–Crippen LogP) is 9.23. The Balaban J connectivity index is 1.48. The van der Waals surface area contributed by atoms with Crippen LogP contribution in [0.2, 0.25) is 0 Å². The number of nitrogens with zero attached hydrogens (tertiary/aromatic N) is 5. The summed E-state index contributed by atoms with van der Waals surface area (Å²) in [6, 6.07) is 41.6. The fourth-order valence-electron chi connectivity index (χ4n) is 7.20. The number of aromatic nitrogens is 5. The first-order chi connectivity index (χ1) is 21.4. The van der Waals surface area contributed by atoms with Crippen LogP contribution in [0.25, 0.3) is 82.3 Å². The van der Waals surface area contributed by atoms with Crippen molar-refractivity contribution in [2.75, 3.05) is 0 Å². The average molecular weight is 550 g/mol. The molecular weight excluding hydrogens is 526 g/mol. The first-order valence-corrected chi connectivity index (χ1v) is 14.5. The molecule has 0 spiro atoms. The Morgan fingerprint density at radius 2 is 1.12 bits per heavy atom. The van der Waals surface area contributed by atoms with Gasteiger partial charge in [0.05, 0.1) is 27.6 Å². The van der Waals surface area contributed by atoms with Gasteiger partial charge >= 0.3 is 0 Å². The quantitative estimate of drug-likeness (QED) is 0.202. The molecule has 0 bridgehead atoms. The van der Waals surface area contributed by atoms with Gasteiger partial charge in [-0.2, -0.15) is 0 Å². The van der Waals surface area contributed by atoms with Crippen LogP contribution in [0.15, 0.2) is 140 Å². The third kappa shape index (κ3) is 2.95. The number of imidazole rings is 1. The second-order valence-electron chi connectivity index (χ2n) is 11.1. The van der Waals surface area contributed by atoms with Crippen molar-refractivity contribution in [3.63, 3.8) is 0 Å². The molecule has 0 aliphatic heterocycles. The molecule has 0 amide bonds. The van der Waals surface area contributed by atoms with E-state index in [0.717, 1.165) is 33.3 Å². The van der Waals surface area contributed by atoms with E-state index in [4.69, 9.17) is 4.98 Å². The summed E-state index contributed by atoms with van der Waals surface area (Å²) in [4.78, 5) is 9.22. The van der Waals surface area contributed by atoms with Gasteiger partial charge in [0.2, 0.25) is 0 Å². The molecule has 5 heteroatoms. The van der Waals surface area contributed by atoms with Crippen molar-refractivity contribution in [2.24, 2.45) is 0 Å². The summed E-state index contributed by atoms with van der Waals surface area (Å²) in [5, 5.41) is 8.33. The first kappa shape index (κ1) is 22.7. The molecule has 0 aliphatic rings. The predicted molar refractivity (Wildman–Crippen MR) is 177 cm³/mol. The molecule has 43 heavy (non-hydrogen) atoms. The molecule has 0 unspecified atom stereocenters. The summed E-state index contributed by atoms with van der Waals surface area (Å²) in [5.74, 6) is 0. The number of para-hydroxylation sites is 3.